The zero-order valence-electron chi connectivity index (χ0n) is 15.2. The Morgan fingerprint density at radius 1 is 1.12 bits per heavy atom. The minimum absolute atomic E-state index is 0.147. The molecule has 2 aromatic carbocycles. The van der Waals surface area contributed by atoms with Gasteiger partial charge in [-0.15, -0.1) is 0 Å². The zero-order valence-corrected chi connectivity index (χ0v) is 16.0. The highest BCUT2D eigenvalue weighted by Gasteiger charge is 2.29. The van der Waals surface area contributed by atoms with Crippen molar-refractivity contribution >= 4 is 9.84 Å². The van der Waals surface area contributed by atoms with Crippen molar-refractivity contribution < 1.29 is 13.2 Å². The Hall–Kier alpha value is -1.81. The first-order valence-electron chi connectivity index (χ1n) is 8.85. The van der Waals surface area contributed by atoms with Gasteiger partial charge in [0.15, 0.2) is 9.84 Å². The van der Waals surface area contributed by atoms with Crippen LogP contribution in [0.15, 0.2) is 42.5 Å². The number of sulfone groups is 1. The summed E-state index contributed by atoms with van der Waals surface area (Å²) in [6, 6.07) is 14.6. The van der Waals surface area contributed by atoms with E-state index in [0.717, 1.165) is 25.0 Å². The number of rotatable bonds is 6. The van der Waals surface area contributed by atoms with Gasteiger partial charge < -0.3 is 4.74 Å². The molecule has 25 heavy (non-hydrogen) atoms. The van der Waals surface area contributed by atoms with Crippen LogP contribution in [-0.2, 0) is 22.7 Å². The van der Waals surface area contributed by atoms with E-state index in [-0.39, 0.29) is 16.9 Å². The molecule has 0 radical (unpaired) electrons. The summed E-state index contributed by atoms with van der Waals surface area (Å²) in [5, 5.41) is -0.302. The van der Waals surface area contributed by atoms with Gasteiger partial charge in [0.05, 0.1) is 18.1 Å². The maximum atomic E-state index is 12.3. The van der Waals surface area contributed by atoms with E-state index in [0.29, 0.717) is 0 Å². The van der Waals surface area contributed by atoms with Crippen LogP contribution in [0.25, 0.3) is 0 Å². The van der Waals surface area contributed by atoms with Crippen LogP contribution in [0.1, 0.15) is 48.4 Å². The summed E-state index contributed by atoms with van der Waals surface area (Å²) in [6.45, 7) is 3.53. The number of methoxy groups -OCH3 is 1. The van der Waals surface area contributed by atoms with Gasteiger partial charge in [0.25, 0.3) is 0 Å². The first-order valence-corrected chi connectivity index (χ1v) is 10.6. The van der Waals surface area contributed by atoms with E-state index in [4.69, 9.17) is 4.74 Å². The number of ether oxygens (including phenoxy) is 1. The Morgan fingerprint density at radius 3 is 2.60 bits per heavy atom. The van der Waals surface area contributed by atoms with Crippen LogP contribution in [0, 0.1) is 0 Å². The van der Waals surface area contributed by atoms with Gasteiger partial charge >= 0.3 is 0 Å². The SMILES string of the molecule is COc1cccc(Cc2ccc3c(c2)CCC3CS(=O)(=O)C(C)C)c1. The first-order chi connectivity index (χ1) is 11.9. The molecule has 134 valence electrons. The van der Waals surface area contributed by atoms with Crippen LogP contribution in [-0.4, -0.2) is 26.5 Å². The summed E-state index contributed by atoms with van der Waals surface area (Å²) < 4.78 is 29.8. The monoisotopic (exact) mass is 358 g/mol. The molecule has 0 aromatic heterocycles. The van der Waals surface area contributed by atoms with E-state index >= 15 is 0 Å². The fourth-order valence-electron chi connectivity index (χ4n) is 3.53. The third-order valence-electron chi connectivity index (χ3n) is 5.10. The predicted octanol–water partition coefficient (Wildman–Crippen LogP) is 4.14. The lowest BCUT2D eigenvalue weighted by atomic mass is 9.98. The predicted molar refractivity (Wildman–Crippen MR) is 102 cm³/mol. The van der Waals surface area contributed by atoms with Gasteiger partial charge in [0, 0.05) is 0 Å². The second-order valence-electron chi connectivity index (χ2n) is 7.18. The van der Waals surface area contributed by atoms with E-state index in [2.05, 4.69) is 30.3 Å². The molecule has 0 saturated carbocycles. The minimum atomic E-state index is -3.00. The molecule has 4 heteroatoms. The van der Waals surface area contributed by atoms with Crippen molar-refractivity contribution in [2.75, 3.05) is 12.9 Å². The lowest BCUT2D eigenvalue weighted by molar-refractivity contribution is 0.414. The molecule has 3 nitrogen and oxygen atoms in total. The molecule has 0 fully saturated rings. The van der Waals surface area contributed by atoms with Gasteiger partial charge in [-0.25, -0.2) is 8.42 Å². The summed E-state index contributed by atoms with van der Waals surface area (Å²) >= 11 is 0. The molecular formula is C21H26O3S. The van der Waals surface area contributed by atoms with E-state index in [1.807, 2.05) is 12.1 Å². The van der Waals surface area contributed by atoms with Crippen LogP contribution in [0.3, 0.4) is 0 Å². The van der Waals surface area contributed by atoms with Crippen molar-refractivity contribution in [3.63, 3.8) is 0 Å². The third-order valence-corrected chi connectivity index (χ3v) is 7.41. The Kier molecular flexibility index (Phi) is 5.19. The lowest BCUT2D eigenvalue weighted by Crippen LogP contribution is -2.21. The fraction of sp³-hybridized carbons (Fsp3) is 0.429. The molecule has 0 bridgehead atoms. The van der Waals surface area contributed by atoms with E-state index in [9.17, 15) is 8.42 Å². The number of hydrogen-bond acceptors (Lipinski definition) is 3. The number of fused-ring (bicyclic) bond motifs is 1. The zero-order chi connectivity index (χ0) is 18.0. The van der Waals surface area contributed by atoms with Crippen LogP contribution < -0.4 is 4.74 Å². The molecule has 0 heterocycles. The minimum Gasteiger partial charge on any atom is -0.497 e. The van der Waals surface area contributed by atoms with E-state index < -0.39 is 9.84 Å². The van der Waals surface area contributed by atoms with Crippen molar-refractivity contribution in [2.45, 2.75) is 44.3 Å². The molecule has 1 aliphatic carbocycles. The number of hydrogen-bond donors (Lipinski definition) is 0. The van der Waals surface area contributed by atoms with Gasteiger partial charge in [0.1, 0.15) is 5.75 Å². The van der Waals surface area contributed by atoms with Crippen molar-refractivity contribution in [1.29, 1.82) is 0 Å². The lowest BCUT2D eigenvalue weighted by Gasteiger charge is -2.15. The normalized spacial score (nSPS) is 16.9. The van der Waals surface area contributed by atoms with Crippen molar-refractivity contribution in [3.05, 3.63) is 64.7 Å². The quantitative estimate of drug-likeness (QED) is 0.779. The maximum Gasteiger partial charge on any atom is 0.153 e. The van der Waals surface area contributed by atoms with Gasteiger partial charge in [-0.3, -0.25) is 0 Å². The molecule has 2 aromatic rings. The van der Waals surface area contributed by atoms with Gasteiger partial charge in [0.2, 0.25) is 0 Å². The second-order valence-corrected chi connectivity index (χ2v) is 9.78. The average Bonchev–Trinajstić information content (AvgIpc) is 2.96. The third kappa shape index (κ3) is 4.06. The molecule has 0 N–H and O–H groups in total. The molecule has 0 spiro atoms. The van der Waals surface area contributed by atoms with Gasteiger partial charge in [-0.05, 0) is 73.4 Å². The smallest absolute Gasteiger partial charge is 0.153 e. The summed E-state index contributed by atoms with van der Waals surface area (Å²) in [6.07, 6.45) is 2.77. The van der Waals surface area contributed by atoms with Gasteiger partial charge in [-0.2, -0.15) is 0 Å². The van der Waals surface area contributed by atoms with E-state index in [1.54, 1.807) is 21.0 Å². The molecule has 1 aliphatic rings. The topological polar surface area (TPSA) is 43.4 Å². The molecule has 0 saturated heterocycles. The van der Waals surface area contributed by atoms with Crippen LogP contribution in [0.5, 0.6) is 5.75 Å². The standard InChI is InChI=1S/C21H26O3S/c1-15(2)25(22,23)14-19-9-8-18-12-17(7-10-21(18)19)11-16-5-4-6-20(13-16)24-3/h4-7,10,12-13,15,19H,8-9,11,14H2,1-3H3. The molecule has 0 aliphatic heterocycles. The summed E-state index contributed by atoms with van der Waals surface area (Å²) in [5.41, 5.74) is 5.01. The largest absolute Gasteiger partial charge is 0.497 e. The average molecular weight is 359 g/mol. The highest BCUT2D eigenvalue weighted by atomic mass is 32.2. The number of aryl methyl sites for hydroxylation is 1. The molecule has 1 unspecified atom stereocenters. The van der Waals surface area contributed by atoms with Crippen LogP contribution >= 0.6 is 0 Å². The highest BCUT2D eigenvalue weighted by molar-refractivity contribution is 7.92. The van der Waals surface area contributed by atoms with Crippen molar-refractivity contribution in [2.24, 2.45) is 0 Å². The van der Waals surface area contributed by atoms with Crippen molar-refractivity contribution in [3.8, 4) is 5.75 Å². The molecule has 1 atom stereocenters. The summed E-state index contributed by atoms with van der Waals surface area (Å²) in [5.74, 6) is 1.29. The van der Waals surface area contributed by atoms with Gasteiger partial charge in [-0.1, -0.05) is 30.3 Å². The Bertz CT molecular complexity index is 853. The molecule has 3 rings (SSSR count). The highest BCUT2D eigenvalue weighted by Crippen LogP contribution is 2.35. The van der Waals surface area contributed by atoms with Crippen molar-refractivity contribution in [1.82, 2.24) is 0 Å². The molecular weight excluding hydrogens is 332 g/mol. The second kappa shape index (κ2) is 7.20. The summed E-state index contributed by atoms with van der Waals surface area (Å²) in [7, 11) is -1.32. The Balaban J connectivity index is 1.77. The first kappa shape index (κ1) is 18.0. The van der Waals surface area contributed by atoms with Crippen LogP contribution in [0.2, 0.25) is 0 Å². The Labute approximate surface area is 151 Å². The molecule has 0 amide bonds. The van der Waals surface area contributed by atoms with Crippen LogP contribution in [0.4, 0.5) is 0 Å². The fourth-order valence-corrected chi connectivity index (χ4v) is 4.83. The summed E-state index contributed by atoms with van der Waals surface area (Å²) in [4.78, 5) is 0. The Morgan fingerprint density at radius 2 is 1.88 bits per heavy atom. The number of benzene rings is 2. The maximum absolute atomic E-state index is 12.3. The van der Waals surface area contributed by atoms with E-state index in [1.165, 1.54) is 22.3 Å².